The molecule has 0 fully saturated rings. The molecule has 0 aliphatic heterocycles. The van der Waals surface area contributed by atoms with Crippen molar-refractivity contribution in [2.75, 3.05) is 0 Å². The van der Waals surface area contributed by atoms with Crippen LogP contribution in [-0.4, -0.2) is 20.5 Å². The monoisotopic (exact) mass is 229 g/mol. The van der Waals surface area contributed by atoms with Crippen LogP contribution in [0.25, 0.3) is 0 Å². The van der Waals surface area contributed by atoms with Crippen LogP contribution in [0.5, 0.6) is 0 Å². The second-order valence-electron chi connectivity index (χ2n) is 4.28. The van der Waals surface area contributed by atoms with Gasteiger partial charge in [0.1, 0.15) is 12.2 Å². The molecule has 1 aromatic carbocycles. The van der Waals surface area contributed by atoms with Crippen molar-refractivity contribution in [1.82, 2.24) is 14.8 Å². The number of aryl methyl sites for hydroxylation is 3. The van der Waals surface area contributed by atoms with E-state index < -0.39 is 0 Å². The lowest BCUT2D eigenvalue weighted by molar-refractivity contribution is 0.0989. The first-order chi connectivity index (χ1) is 8.06. The van der Waals surface area contributed by atoms with E-state index in [2.05, 4.69) is 16.1 Å². The van der Waals surface area contributed by atoms with Gasteiger partial charge in [-0.15, -0.1) is 0 Å². The van der Waals surface area contributed by atoms with Gasteiger partial charge >= 0.3 is 0 Å². The Hall–Kier alpha value is -1.97. The van der Waals surface area contributed by atoms with Crippen LogP contribution in [0, 0.1) is 13.8 Å². The van der Waals surface area contributed by atoms with Crippen LogP contribution in [-0.2, 0) is 13.5 Å². The summed E-state index contributed by atoms with van der Waals surface area (Å²) in [5.74, 6) is 0.766. The lowest BCUT2D eigenvalue weighted by atomic mass is 10.0. The summed E-state index contributed by atoms with van der Waals surface area (Å²) >= 11 is 0. The molecule has 0 saturated heterocycles. The van der Waals surface area contributed by atoms with E-state index in [0.29, 0.717) is 12.2 Å². The summed E-state index contributed by atoms with van der Waals surface area (Å²) in [5, 5.41) is 3.95. The summed E-state index contributed by atoms with van der Waals surface area (Å²) in [4.78, 5) is 16.1. The summed E-state index contributed by atoms with van der Waals surface area (Å²) in [7, 11) is 1.79. The third-order valence-electron chi connectivity index (χ3n) is 2.67. The average Bonchev–Trinajstić information content (AvgIpc) is 2.63. The molecule has 0 spiro atoms. The molecule has 0 radical (unpaired) electrons. The summed E-state index contributed by atoms with van der Waals surface area (Å²) in [5.41, 5.74) is 2.95. The first-order valence-corrected chi connectivity index (χ1v) is 5.50. The molecule has 0 aliphatic carbocycles. The molecule has 0 N–H and O–H groups in total. The van der Waals surface area contributed by atoms with Crippen molar-refractivity contribution in [3.63, 3.8) is 0 Å². The quantitative estimate of drug-likeness (QED) is 0.755. The number of nitrogens with zero attached hydrogens (tertiary/aromatic N) is 3. The molecule has 1 heterocycles. The van der Waals surface area contributed by atoms with Gasteiger partial charge < -0.3 is 0 Å². The Morgan fingerprint density at radius 3 is 2.41 bits per heavy atom. The average molecular weight is 229 g/mol. The third kappa shape index (κ3) is 2.58. The summed E-state index contributed by atoms with van der Waals surface area (Å²) < 4.78 is 1.63. The maximum absolute atomic E-state index is 12.1. The number of carbonyl (C=O) groups is 1. The van der Waals surface area contributed by atoms with Crippen LogP contribution < -0.4 is 0 Å². The molecule has 17 heavy (non-hydrogen) atoms. The van der Waals surface area contributed by atoms with E-state index in [1.807, 2.05) is 26.0 Å². The van der Waals surface area contributed by atoms with E-state index in [0.717, 1.165) is 16.7 Å². The minimum Gasteiger partial charge on any atom is -0.294 e. The van der Waals surface area contributed by atoms with Gasteiger partial charge in [0.2, 0.25) is 0 Å². The lowest BCUT2D eigenvalue weighted by Crippen LogP contribution is -2.09. The second-order valence-corrected chi connectivity index (χ2v) is 4.28. The fourth-order valence-electron chi connectivity index (χ4n) is 1.86. The van der Waals surface area contributed by atoms with Crippen LogP contribution in [0.15, 0.2) is 24.5 Å². The van der Waals surface area contributed by atoms with Gasteiger partial charge in [0.25, 0.3) is 0 Å². The highest BCUT2D eigenvalue weighted by atomic mass is 16.1. The zero-order valence-electron chi connectivity index (χ0n) is 10.3. The number of rotatable bonds is 3. The van der Waals surface area contributed by atoms with E-state index in [1.54, 1.807) is 11.7 Å². The number of hydrogen-bond acceptors (Lipinski definition) is 3. The molecule has 4 heteroatoms. The molecule has 2 aromatic rings. The normalized spacial score (nSPS) is 10.5. The van der Waals surface area contributed by atoms with Gasteiger partial charge in [-0.25, -0.2) is 4.98 Å². The molecule has 88 valence electrons. The van der Waals surface area contributed by atoms with Crippen molar-refractivity contribution in [3.8, 4) is 0 Å². The van der Waals surface area contributed by atoms with E-state index in [1.165, 1.54) is 6.33 Å². The van der Waals surface area contributed by atoms with Crippen LogP contribution >= 0.6 is 0 Å². The highest BCUT2D eigenvalue weighted by molar-refractivity contribution is 5.97. The fraction of sp³-hybridized carbons (Fsp3) is 0.308. The van der Waals surface area contributed by atoms with E-state index in [4.69, 9.17) is 0 Å². The van der Waals surface area contributed by atoms with Gasteiger partial charge in [-0.1, -0.05) is 17.2 Å². The Kier molecular flexibility index (Phi) is 3.04. The number of hydrogen-bond donors (Lipinski definition) is 0. The van der Waals surface area contributed by atoms with Crippen molar-refractivity contribution >= 4 is 5.78 Å². The Morgan fingerprint density at radius 2 is 1.88 bits per heavy atom. The van der Waals surface area contributed by atoms with Gasteiger partial charge in [0.05, 0.1) is 6.42 Å². The van der Waals surface area contributed by atoms with Gasteiger partial charge in [0, 0.05) is 12.6 Å². The molecule has 0 amide bonds. The van der Waals surface area contributed by atoms with E-state index in [-0.39, 0.29) is 5.78 Å². The van der Waals surface area contributed by atoms with Gasteiger partial charge in [0.15, 0.2) is 5.78 Å². The van der Waals surface area contributed by atoms with E-state index >= 15 is 0 Å². The zero-order valence-corrected chi connectivity index (χ0v) is 10.3. The number of ketones is 1. The minimum absolute atomic E-state index is 0.0768. The molecule has 2 rings (SSSR count). The highest BCUT2D eigenvalue weighted by Gasteiger charge is 2.11. The Morgan fingerprint density at radius 1 is 1.24 bits per heavy atom. The van der Waals surface area contributed by atoms with Gasteiger partial charge in [-0.3, -0.25) is 9.48 Å². The molecule has 4 nitrogen and oxygen atoms in total. The van der Waals surface area contributed by atoms with Crippen LogP contribution in [0.2, 0.25) is 0 Å². The predicted molar refractivity (Wildman–Crippen MR) is 65.0 cm³/mol. The molecule has 0 atom stereocenters. The van der Waals surface area contributed by atoms with Gasteiger partial charge in [-0.05, 0) is 26.0 Å². The van der Waals surface area contributed by atoms with Crippen molar-refractivity contribution in [2.24, 2.45) is 7.05 Å². The lowest BCUT2D eigenvalue weighted by Gasteiger charge is -2.04. The summed E-state index contributed by atoms with van der Waals surface area (Å²) in [6, 6.07) is 5.87. The summed E-state index contributed by atoms with van der Waals surface area (Å²) in [6.45, 7) is 3.98. The Labute approximate surface area is 100 Å². The first-order valence-electron chi connectivity index (χ1n) is 5.50. The molecular weight excluding hydrogens is 214 g/mol. The smallest absolute Gasteiger partial charge is 0.170 e. The number of aromatic nitrogens is 3. The minimum atomic E-state index is 0.0768. The SMILES string of the molecule is Cc1cc(C)cc(C(=O)Cc2ncnn2C)c1. The Bertz CT molecular complexity index is 537. The predicted octanol–water partition coefficient (Wildman–Crippen LogP) is 1.86. The van der Waals surface area contributed by atoms with Crippen molar-refractivity contribution < 1.29 is 4.79 Å². The molecule has 0 aliphatic rings. The van der Waals surface area contributed by atoms with Gasteiger partial charge in [-0.2, -0.15) is 5.10 Å². The standard InChI is InChI=1S/C13H15N3O/c1-9-4-10(2)6-11(5-9)12(17)7-13-14-8-15-16(13)3/h4-6,8H,7H2,1-3H3. The highest BCUT2D eigenvalue weighted by Crippen LogP contribution is 2.11. The Balaban J connectivity index is 2.23. The molecular formula is C13H15N3O. The second kappa shape index (κ2) is 4.49. The largest absolute Gasteiger partial charge is 0.294 e. The molecule has 0 bridgehead atoms. The molecule has 0 saturated carbocycles. The van der Waals surface area contributed by atoms with E-state index in [9.17, 15) is 4.79 Å². The van der Waals surface area contributed by atoms with Crippen molar-refractivity contribution in [1.29, 1.82) is 0 Å². The third-order valence-corrected chi connectivity index (χ3v) is 2.67. The number of carbonyl (C=O) groups excluding carboxylic acids is 1. The van der Waals surface area contributed by atoms with Crippen molar-refractivity contribution in [3.05, 3.63) is 47.0 Å². The van der Waals surface area contributed by atoms with Crippen molar-refractivity contribution in [2.45, 2.75) is 20.3 Å². The number of Topliss-reactive ketones (excluding diaryl/α,β-unsaturated/α-hetero) is 1. The van der Waals surface area contributed by atoms with Crippen LogP contribution in [0.4, 0.5) is 0 Å². The molecule has 1 aromatic heterocycles. The summed E-state index contributed by atoms with van der Waals surface area (Å²) in [6.07, 6.45) is 1.75. The zero-order chi connectivity index (χ0) is 12.4. The van der Waals surface area contributed by atoms with Crippen LogP contribution in [0.1, 0.15) is 27.3 Å². The first kappa shape index (κ1) is 11.5. The topological polar surface area (TPSA) is 47.8 Å². The maximum atomic E-state index is 12.1. The van der Waals surface area contributed by atoms with Crippen LogP contribution in [0.3, 0.4) is 0 Å². The number of benzene rings is 1. The maximum Gasteiger partial charge on any atom is 0.170 e. The fourth-order valence-corrected chi connectivity index (χ4v) is 1.86. The molecule has 0 unspecified atom stereocenters.